The maximum atomic E-state index is 14.5. The van der Waals surface area contributed by atoms with Gasteiger partial charge in [0, 0.05) is 29.3 Å². The van der Waals surface area contributed by atoms with Crippen molar-refractivity contribution in [2.75, 3.05) is 17.2 Å². The maximum absolute atomic E-state index is 14.5. The number of carbonyl (C=O) groups excluding carboxylic acids is 3. The number of ketones is 1. The summed E-state index contributed by atoms with van der Waals surface area (Å²) in [6.45, 7) is 10.9. The molecule has 4 aromatic rings. The first-order valence-corrected chi connectivity index (χ1v) is 16.9. The van der Waals surface area contributed by atoms with Crippen molar-refractivity contribution in [2.24, 2.45) is 11.8 Å². The lowest BCUT2D eigenvalue weighted by Gasteiger charge is -2.44. The van der Waals surface area contributed by atoms with E-state index in [9.17, 15) is 23.9 Å². The molecule has 8 nitrogen and oxygen atoms in total. The molecule has 50 heavy (non-hydrogen) atoms. The van der Waals surface area contributed by atoms with Crippen LogP contribution in [0.1, 0.15) is 59.6 Å². The fourth-order valence-electron chi connectivity index (χ4n) is 6.63. The van der Waals surface area contributed by atoms with Gasteiger partial charge in [-0.05, 0) is 106 Å². The molecule has 0 radical (unpaired) electrons. The summed E-state index contributed by atoms with van der Waals surface area (Å²) in [6.07, 6.45) is -0.415. The molecule has 3 N–H and O–H groups in total. The number of nitrogens with one attached hydrogen (secondary N) is 2. The van der Waals surface area contributed by atoms with E-state index in [2.05, 4.69) is 10.6 Å². The van der Waals surface area contributed by atoms with Gasteiger partial charge < -0.3 is 25.2 Å². The van der Waals surface area contributed by atoms with Crippen molar-refractivity contribution in [3.8, 4) is 11.5 Å². The number of halogens is 2. The highest BCUT2D eigenvalue weighted by Gasteiger charge is 2.56. The standard InChI is InChI=1S/C40H42ClFN2O6/c1-7-49-34-19-26(17-18-33(34)50-21-27-28(41)13-10-14-29(27)42)35-36(38(46)43-30-15-8-11-22(2)24(30)4)32(45)20-40(6,48)37(35)39(47)44-31-16-9-12-23(3)25(31)5/h8-19,35-37,48H,7,20-21H2,1-6H3,(H,43,46)(H,44,47). The second-order valence-corrected chi connectivity index (χ2v) is 13.5. The number of aryl methyl sites for hydroxylation is 2. The van der Waals surface area contributed by atoms with E-state index in [-0.39, 0.29) is 35.3 Å². The normalized spacial score (nSPS) is 20.3. The Morgan fingerprint density at radius 2 is 1.48 bits per heavy atom. The molecule has 0 saturated heterocycles. The van der Waals surface area contributed by atoms with Crippen LogP contribution in [-0.4, -0.2) is 34.9 Å². The fraction of sp³-hybridized carbons (Fsp3) is 0.325. The SMILES string of the molecule is CCOc1cc(C2C(C(=O)Nc3cccc(C)c3C)C(=O)CC(C)(O)C2C(=O)Nc2cccc(C)c2C)ccc1OCc1c(F)cccc1Cl. The zero-order valence-electron chi connectivity index (χ0n) is 29.0. The van der Waals surface area contributed by atoms with Gasteiger partial charge in [0.2, 0.25) is 11.8 Å². The summed E-state index contributed by atoms with van der Waals surface area (Å²) in [6, 6.07) is 20.2. The van der Waals surface area contributed by atoms with E-state index >= 15 is 0 Å². The van der Waals surface area contributed by atoms with Crippen molar-refractivity contribution < 1.29 is 33.4 Å². The van der Waals surface area contributed by atoms with Crippen LogP contribution in [-0.2, 0) is 21.0 Å². The summed E-state index contributed by atoms with van der Waals surface area (Å²) >= 11 is 6.23. The van der Waals surface area contributed by atoms with E-state index < -0.39 is 53.2 Å². The van der Waals surface area contributed by atoms with Gasteiger partial charge in [-0.2, -0.15) is 0 Å². The van der Waals surface area contributed by atoms with E-state index in [1.807, 2.05) is 52.0 Å². The number of ether oxygens (including phenoxy) is 2. The van der Waals surface area contributed by atoms with Crippen LogP contribution in [0.3, 0.4) is 0 Å². The highest BCUT2D eigenvalue weighted by molar-refractivity contribution is 6.31. The Morgan fingerprint density at radius 1 is 0.880 bits per heavy atom. The van der Waals surface area contributed by atoms with Crippen molar-refractivity contribution >= 4 is 40.6 Å². The van der Waals surface area contributed by atoms with Crippen molar-refractivity contribution in [1.82, 2.24) is 0 Å². The molecule has 262 valence electrons. The molecule has 0 aromatic heterocycles. The molecule has 1 fully saturated rings. The molecule has 4 atom stereocenters. The first-order chi connectivity index (χ1) is 23.7. The zero-order chi connectivity index (χ0) is 36.3. The lowest BCUT2D eigenvalue weighted by Crippen LogP contribution is -2.56. The molecule has 0 bridgehead atoms. The van der Waals surface area contributed by atoms with Crippen LogP contribution in [0.2, 0.25) is 5.02 Å². The zero-order valence-corrected chi connectivity index (χ0v) is 29.8. The highest BCUT2D eigenvalue weighted by atomic mass is 35.5. The van der Waals surface area contributed by atoms with Gasteiger partial charge >= 0.3 is 0 Å². The Kier molecular flexibility index (Phi) is 11.0. The molecule has 1 aliphatic rings. The fourth-order valence-corrected chi connectivity index (χ4v) is 6.84. The van der Waals surface area contributed by atoms with E-state index in [1.165, 1.54) is 19.1 Å². The van der Waals surface area contributed by atoms with Gasteiger partial charge in [-0.1, -0.05) is 48.0 Å². The van der Waals surface area contributed by atoms with Gasteiger partial charge in [0.15, 0.2) is 11.5 Å². The molecule has 1 saturated carbocycles. The number of hydrogen-bond donors (Lipinski definition) is 3. The van der Waals surface area contributed by atoms with Crippen molar-refractivity contribution in [2.45, 2.75) is 66.1 Å². The summed E-state index contributed by atoms with van der Waals surface area (Å²) < 4.78 is 26.4. The lowest BCUT2D eigenvalue weighted by molar-refractivity contribution is -0.150. The van der Waals surface area contributed by atoms with E-state index in [0.717, 1.165) is 22.3 Å². The second-order valence-electron chi connectivity index (χ2n) is 13.1. The largest absolute Gasteiger partial charge is 0.490 e. The van der Waals surface area contributed by atoms with Crippen molar-refractivity contribution in [3.63, 3.8) is 0 Å². The Balaban J connectivity index is 1.60. The van der Waals surface area contributed by atoms with E-state index in [1.54, 1.807) is 43.3 Å². The van der Waals surface area contributed by atoms with Crippen LogP contribution in [0.15, 0.2) is 72.8 Å². The highest BCUT2D eigenvalue weighted by Crippen LogP contribution is 2.48. The third-order valence-electron chi connectivity index (χ3n) is 9.64. The topological polar surface area (TPSA) is 114 Å². The molecule has 0 aliphatic heterocycles. The molecule has 4 unspecified atom stereocenters. The first kappa shape index (κ1) is 36.5. The van der Waals surface area contributed by atoms with Crippen LogP contribution in [0.4, 0.5) is 15.8 Å². The van der Waals surface area contributed by atoms with E-state index in [0.29, 0.717) is 16.9 Å². The van der Waals surface area contributed by atoms with Gasteiger partial charge in [-0.15, -0.1) is 0 Å². The monoisotopic (exact) mass is 700 g/mol. The molecule has 1 aliphatic carbocycles. The van der Waals surface area contributed by atoms with Crippen LogP contribution in [0.25, 0.3) is 0 Å². The lowest BCUT2D eigenvalue weighted by atomic mass is 9.61. The van der Waals surface area contributed by atoms with Gasteiger partial charge in [-0.25, -0.2) is 4.39 Å². The second kappa shape index (κ2) is 15.0. The van der Waals surface area contributed by atoms with Gasteiger partial charge in [-0.3, -0.25) is 14.4 Å². The summed E-state index contributed by atoms with van der Waals surface area (Å²) in [5, 5.41) is 18.0. The number of benzene rings is 4. The minimum absolute atomic E-state index is 0.168. The van der Waals surface area contributed by atoms with E-state index in [4.69, 9.17) is 21.1 Å². The smallest absolute Gasteiger partial charge is 0.235 e. The van der Waals surface area contributed by atoms with Crippen molar-refractivity contribution in [1.29, 1.82) is 0 Å². The van der Waals surface area contributed by atoms with Gasteiger partial charge in [0.1, 0.15) is 24.1 Å². The van der Waals surface area contributed by atoms with Crippen LogP contribution < -0.4 is 20.1 Å². The molecule has 5 rings (SSSR count). The number of Topliss-reactive ketones (excluding diaryl/α,β-unsaturated/α-hetero) is 1. The summed E-state index contributed by atoms with van der Waals surface area (Å²) in [5.74, 6) is -5.36. The Bertz CT molecular complexity index is 1920. The summed E-state index contributed by atoms with van der Waals surface area (Å²) in [5.41, 5.74) is 3.46. The predicted molar refractivity (Wildman–Crippen MR) is 192 cm³/mol. The molecule has 2 amide bonds. The van der Waals surface area contributed by atoms with Gasteiger partial charge in [0.25, 0.3) is 0 Å². The number of hydrogen-bond acceptors (Lipinski definition) is 6. The average Bonchev–Trinajstić information content (AvgIpc) is 3.05. The quantitative estimate of drug-likeness (QED) is 0.145. The minimum Gasteiger partial charge on any atom is -0.490 e. The molecule has 0 heterocycles. The molecule has 10 heteroatoms. The molecular weight excluding hydrogens is 659 g/mol. The molecular formula is C40H42ClFN2O6. The number of amides is 2. The Labute approximate surface area is 297 Å². The first-order valence-electron chi connectivity index (χ1n) is 16.5. The number of aliphatic hydroxyl groups is 1. The Morgan fingerprint density at radius 3 is 2.08 bits per heavy atom. The van der Waals surface area contributed by atoms with Crippen LogP contribution >= 0.6 is 11.6 Å². The molecule has 4 aromatic carbocycles. The minimum atomic E-state index is -1.82. The third-order valence-corrected chi connectivity index (χ3v) is 10.00. The van der Waals surface area contributed by atoms with Crippen LogP contribution in [0.5, 0.6) is 11.5 Å². The van der Waals surface area contributed by atoms with Crippen molar-refractivity contribution in [3.05, 3.63) is 117 Å². The summed E-state index contributed by atoms with van der Waals surface area (Å²) in [7, 11) is 0. The van der Waals surface area contributed by atoms with Gasteiger partial charge in [0.05, 0.1) is 23.1 Å². The number of anilines is 2. The number of carbonyl (C=O) groups is 3. The average molecular weight is 701 g/mol. The molecule has 0 spiro atoms. The maximum Gasteiger partial charge on any atom is 0.235 e. The predicted octanol–water partition coefficient (Wildman–Crippen LogP) is 8.01. The van der Waals surface area contributed by atoms with Crippen LogP contribution in [0, 0.1) is 45.3 Å². The third kappa shape index (κ3) is 7.54. The number of rotatable bonds is 10. The Hall–Kier alpha value is -4.73. The summed E-state index contributed by atoms with van der Waals surface area (Å²) in [4.78, 5) is 42.5.